The van der Waals surface area contributed by atoms with E-state index in [-0.39, 0.29) is 12.1 Å². The molecule has 23 heavy (non-hydrogen) atoms. The van der Waals surface area contributed by atoms with Crippen LogP contribution in [0, 0.1) is 0 Å². The Bertz CT molecular complexity index is 620. The first-order valence-corrected chi connectivity index (χ1v) is 8.63. The van der Waals surface area contributed by atoms with Gasteiger partial charge in [0.2, 0.25) is 0 Å². The summed E-state index contributed by atoms with van der Waals surface area (Å²) in [5.41, 5.74) is 1.20. The number of carbonyl (C=O) groups is 1. The van der Waals surface area contributed by atoms with Crippen LogP contribution in [0.4, 0.5) is 9.80 Å². The fraction of sp³-hybridized carbons (Fsp3) is 0.438. The molecular weight excluding hydrogens is 312 g/mol. The number of nitrogens with zero attached hydrogens (tertiary/aromatic N) is 2. The Hall–Kier alpha value is -1.83. The summed E-state index contributed by atoms with van der Waals surface area (Å²) < 4.78 is 7.56. The van der Waals surface area contributed by atoms with Gasteiger partial charge in [0.25, 0.3) is 0 Å². The lowest BCUT2D eigenvalue weighted by atomic mass is 10.1. The number of nitrogens with one attached hydrogen (secondary N) is 2. The Morgan fingerprint density at radius 1 is 1.35 bits per heavy atom. The molecule has 1 fully saturated rings. The maximum atomic E-state index is 12.1. The van der Waals surface area contributed by atoms with Crippen LogP contribution >= 0.6 is 11.3 Å². The first kappa shape index (κ1) is 16.0. The van der Waals surface area contributed by atoms with Crippen molar-refractivity contribution in [2.45, 2.75) is 6.04 Å². The van der Waals surface area contributed by atoms with Crippen LogP contribution in [-0.4, -0.2) is 48.3 Å². The number of carbonyl (C=O) groups excluding carboxylic acids is 1. The number of urea groups is 1. The molecule has 0 aliphatic carbocycles. The van der Waals surface area contributed by atoms with Crippen molar-refractivity contribution in [2.75, 3.05) is 38.2 Å². The minimum absolute atomic E-state index is 0.146. The molecule has 0 saturated carbocycles. The molecule has 0 bridgehead atoms. The summed E-state index contributed by atoms with van der Waals surface area (Å²) in [6, 6.07) is 7.93. The minimum atomic E-state index is -0.167. The first-order chi connectivity index (χ1) is 11.2. The molecule has 0 aromatic carbocycles. The SMILES string of the molecule is Cn1cccc1C(CNC(=O)Nc1cccs1)N1CCOCC1. The zero-order valence-electron chi connectivity index (χ0n) is 13.2. The van der Waals surface area contributed by atoms with E-state index >= 15 is 0 Å². The molecule has 1 unspecified atom stereocenters. The molecule has 2 aromatic rings. The van der Waals surface area contributed by atoms with Gasteiger partial charge in [0.05, 0.1) is 24.3 Å². The minimum Gasteiger partial charge on any atom is -0.379 e. The predicted octanol–water partition coefficient (Wildman–Crippen LogP) is 2.28. The normalized spacial score (nSPS) is 16.9. The lowest BCUT2D eigenvalue weighted by Gasteiger charge is -2.34. The fourth-order valence-corrected chi connectivity index (χ4v) is 3.44. The molecule has 2 amide bonds. The molecule has 6 nitrogen and oxygen atoms in total. The third-order valence-corrected chi connectivity index (χ3v) is 4.81. The predicted molar refractivity (Wildman–Crippen MR) is 91.9 cm³/mol. The van der Waals surface area contributed by atoms with Crippen molar-refractivity contribution in [3.05, 3.63) is 41.5 Å². The van der Waals surface area contributed by atoms with E-state index in [1.54, 1.807) is 0 Å². The number of hydrogen-bond acceptors (Lipinski definition) is 4. The van der Waals surface area contributed by atoms with Crippen molar-refractivity contribution in [1.82, 2.24) is 14.8 Å². The van der Waals surface area contributed by atoms with Crippen LogP contribution in [0.1, 0.15) is 11.7 Å². The summed E-state index contributed by atoms with van der Waals surface area (Å²) in [5, 5.41) is 8.64. The molecule has 7 heteroatoms. The molecular formula is C16H22N4O2S. The summed E-state index contributed by atoms with van der Waals surface area (Å²) in [7, 11) is 2.04. The largest absolute Gasteiger partial charge is 0.379 e. The van der Waals surface area contributed by atoms with Crippen molar-refractivity contribution in [3.63, 3.8) is 0 Å². The Labute approximate surface area is 140 Å². The first-order valence-electron chi connectivity index (χ1n) is 7.75. The third kappa shape index (κ3) is 4.13. The lowest BCUT2D eigenvalue weighted by Crippen LogP contribution is -2.45. The van der Waals surface area contributed by atoms with Gasteiger partial charge in [-0.05, 0) is 29.6 Å². The number of aromatic nitrogens is 1. The van der Waals surface area contributed by atoms with Gasteiger partial charge >= 0.3 is 6.03 Å². The molecule has 2 N–H and O–H groups in total. The molecule has 1 aliphatic rings. The number of hydrogen-bond donors (Lipinski definition) is 2. The van der Waals surface area contributed by atoms with Crippen molar-refractivity contribution < 1.29 is 9.53 Å². The van der Waals surface area contributed by atoms with Crippen LogP contribution < -0.4 is 10.6 Å². The van der Waals surface area contributed by atoms with Gasteiger partial charge in [0.1, 0.15) is 0 Å². The number of ether oxygens (including phenoxy) is 1. The van der Waals surface area contributed by atoms with Gasteiger partial charge in [-0.3, -0.25) is 10.2 Å². The van der Waals surface area contributed by atoms with E-state index in [9.17, 15) is 4.79 Å². The summed E-state index contributed by atoms with van der Waals surface area (Å²) in [6.45, 7) is 3.80. The fourth-order valence-electron chi connectivity index (χ4n) is 2.83. The van der Waals surface area contributed by atoms with E-state index in [0.717, 1.165) is 31.3 Å². The van der Waals surface area contributed by atoms with E-state index in [2.05, 4.69) is 26.2 Å². The lowest BCUT2D eigenvalue weighted by molar-refractivity contribution is 0.0154. The maximum absolute atomic E-state index is 12.1. The number of anilines is 1. The van der Waals surface area contributed by atoms with Crippen molar-refractivity contribution >= 4 is 22.4 Å². The molecule has 0 spiro atoms. The van der Waals surface area contributed by atoms with Crippen molar-refractivity contribution in [2.24, 2.45) is 7.05 Å². The van der Waals surface area contributed by atoms with Gasteiger partial charge in [0.15, 0.2) is 0 Å². The molecule has 2 aromatic heterocycles. The van der Waals surface area contributed by atoms with Crippen LogP contribution in [0.2, 0.25) is 0 Å². The molecule has 0 radical (unpaired) electrons. The van der Waals surface area contributed by atoms with E-state index in [0.29, 0.717) is 6.54 Å². The maximum Gasteiger partial charge on any atom is 0.319 e. The summed E-state index contributed by atoms with van der Waals surface area (Å²) in [5.74, 6) is 0. The van der Waals surface area contributed by atoms with E-state index in [4.69, 9.17) is 4.74 Å². The highest BCUT2D eigenvalue weighted by atomic mass is 32.1. The second-order valence-corrected chi connectivity index (χ2v) is 6.47. The number of amides is 2. The Balaban J connectivity index is 1.63. The van der Waals surface area contributed by atoms with Gasteiger partial charge in [-0.2, -0.15) is 0 Å². The van der Waals surface area contributed by atoms with E-state index in [1.165, 1.54) is 17.0 Å². The molecule has 3 rings (SSSR count). The third-order valence-electron chi connectivity index (χ3n) is 4.03. The monoisotopic (exact) mass is 334 g/mol. The van der Waals surface area contributed by atoms with Crippen molar-refractivity contribution in [3.8, 4) is 0 Å². The molecule has 3 heterocycles. The molecule has 124 valence electrons. The van der Waals surface area contributed by atoms with Crippen LogP contribution in [-0.2, 0) is 11.8 Å². The average molecular weight is 334 g/mol. The van der Waals surface area contributed by atoms with Crippen LogP contribution in [0.5, 0.6) is 0 Å². The zero-order chi connectivity index (χ0) is 16.1. The molecule has 1 atom stereocenters. The van der Waals surface area contributed by atoms with Crippen molar-refractivity contribution in [1.29, 1.82) is 0 Å². The van der Waals surface area contributed by atoms with Gasteiger partial charge in [-0.15, -0.1) is 11.3 Å². The smallest absolute Gasteiger partial charge is 0.319 e. The van der Waals surface area contributed by atoms with Crippen LogP contribution in [0.15, 0.2) is 35.8 Å². The number of morpholine rings is 1. The second-order valence-electron chi connectivity index (χ2n) is 5.52. The highest BCUT2D eigenvalue weighted by molar-refractivity contribution is 7.14. The molecule has 1 aliphatic heterocycles. The number of thiophene rings is 1. The van der Waals surface area contributed by atoms with Crippen LogP contribution in [0.3, 0.4) is 0 Å². The van der Waals surface area contributed by atoms with Gasteiger partial charge in [-0.25, -0.2) is 4.79 Å². The Morgan fingerprint density at radius 2 is 2.17 bits per heavy atom. The summed E-state index contributed by atoms with van der Waals surface area (Å²) in [6.07, 6.45) is 2.04. The van der Waals surface area contributed by atoms with E-state index < -0.39 is 0 Å². The summed E-state index contributed by atoms with van der Waals surface area (Å²) in [4.78, 5) is 14.5. The average Bonchev–Trinajstić information content (AvgIpc) is 3.21. The van der Waals surface area contributed by atoms with Gasteiger partial charge < -0.3 is 14.6 Å². The standard InChI is InChI=1S/C16H22N4O2S/c1-19-6-2-4-13(19)14(20-7-9-22-10-8-20)12-17-16(21)18-15-5-3-11-23-15/h2-6,11,14H,7-10,12H2,1H3,(H2,17,18,21). The zero-order valence-corrected chi connectivity index (χ0v) is 14.0. The summed E-state index contributed by atoms with van der Waals surface area (Å²) >= 11 is 1.51. The highest BCUT2D eigenvalue weighted by Crippen LogP contribution is 2.21. The topological polar surface area (TPSA) is 58.5 Å². The quantitative estimate of drug-likeness (QED) is 0.882. The van der Waals surface area contributed by atoms with Gasteiger partial charge in [0, 0.05) is 38.6 Å². The van der Waals surface area contributed by atoms with E-state index in [1.807, 2.05) is 36.8 Å². The Morgan fingerprint density at radius 3 is 2.83 bits per heavy atom. The number of aryl methyl sites for hydroxylation is 1. The van der Waals surface area contributed by atoms with Crippen LogP contribution in [0.25, 0.3) is 0 Å². The number of rotatable bonds is 5. The highest BCUT2D eigenvalue weighted by Gasteiger charge is 2.24. The van der Waals surface area contributed by atoms with Gasteiger partial charge in [-0.1, -0.05) is 0 Å². The second kappa shape index (κ2) is 7.63. The molecule has 1 saturated heterocycles. The Kier molecular flexibility index (Phi) is 5.32.